The molecule has 2 aromatic carbocycles. The molecule has 0 saturated carbocycles. The van der Waals surface area contributed by atoms with Crippen LogP contribution in [-0.4, -0.2) is 18.4 Å². The topological polar surface area (TPSA) is 58.2 Å². The van der Waals surface area contributed by atoms with Crippen LogP contribution in [0.15, 0.2) is 60.0 Å². The first-order valence-corrected chi connectivity index (χ1v) is 10.2. The van der Waals surface area contributed by atoms with Crippen molar-refractivity contribution in [1.29, 1.82) is 0 Å². The van der Waals surface area contributed by atoms with E-state index in [4.69, 9.17) is 0 Å². The molecule has 0 spiro atoms. The maximum absolute atomic E-state index is 13.9. The summed E-state index contributed by atoms with van der Waals surface area (Å²) >= 11 is 1.65. The van der Waals surface area contributed by atoms with Crippen LogP contribution in [0.1, 0.15) is 45.0 Å². The van der Waals surface area contributed by atoms with Gasteiger partial charge in [-0.15, -0.1) is 11.3 Å². The van der Waals surface area contributed by atoms with Crippen LogP contribution in [0.3, 0.4) is 0 Å². The molecule has 0 bridgehead atoms. The molecule has 0 unspecified atom stereocenters. The Labute approximate surface area is 173 Å². The van der Waals surface area contributed by atoms with Crippen molar-refractivity contribution in [2.24, 2.45) is 0 Å². The molecular weight excluding hydrogens is 387 g/mol. The summed E-state index contributed by atoms with van der Waals surface area (Å²) in [6.07, 6.45) is 0. The van der Waals surface area contributed by atoms with Gasteiger partial charge in [-0.1, -0.05) is 44.2 Å². The third-order valence-electron chi connectivity index (χ3n) is 4.75. The number of aryl methyl sites for hydroxylation is 1. The molecule has 0 aliphatic heterocycles. The predicted octanol–water partition coefficient (Wildman–Crippen LogP) is 5.16. The molecule has 2 amide bonds. The Morgan fingerprint density at radius 2 is 1.69 bits per heavy atom. The van der Waals surface area contributed by atoms with Gasteiger partial charge in [-0.05, 0) is 42.1 Å². The van der Waals surface area contributed by atoms with Crippen LogP contribution in [-0.2, 0) is 5.41 Å². The Morgan fingerprint density at radius 3 is 2.38 bits per heavy atom. The van der Waals surface area contributed by atoms with E-state index < -0.39 is 11.7 Å². The summed E-state index contributed by atoms with van der Waals surface area (Å²) in [6.45, 7) is 6.37. The second-order valence-corrected chi connectivity index (χ2v) is 8.42. The fourth-order valence-corrected chi connectivity index (χ4v) is 3.85. The van der Waals surface area contributed by atoms with Crippen LogP contribution in [0.25, 0.3) is 0 Å². The molecule has 0 atom stereocenters. The van der Waals surface area contributed by atoms with Crippen LogP contribution < -0.4 is 10.6 Å². The second kappa shape index (κ2) is 8.57. The number of nitrogens with one attached hydrogen (secondary N) is 2. The predicted molar refractivity (Wildman–Crippen MR) is 115 cm³/mol. The van der Waals surface area contributed by atoms with Crippen molar-refractivity contribution >= 4 is 28.8 Å². The van der Waals surface area contributed by atoms with E-state index in [0.29, 0.717) is 17.8 Å². The lowest BCUT2D eigenvalue weighted by Crippen LogP contribution is -2.36. The summed E-state index contributed by atoms with van der Waals surface area (Å²) < 4.78 is 13.9. The number of carbonyl (C=O) groups is 2. The van der Waals surface area contributed by atoms with Gasteiger partial charge in [0.1, 0.15) is 5.82 Å². The summed E-state index contributed by atoms with van der Waals surface area (Å²) in [5, 5.41) is 7.68. The highest BCUT2D eigenvalue weighted by atomic mass is 32.1. The van der Waals surface area contributed by atoms with Crippen molar-refractivity contribution < 1.29 is 14.0 Å². The smallest absolute Gasteiger partial charge is 0.258 e. The largest absolute Gasteiger partial charge is 0.351 e. The van der Waals surface area contributed by atoms with E-state index in [9.17, 15) is 14.0 Å². The van der Waals surface area contributed by atoms with Gasteiger partial charge in [0.25, 0.3) is 11.8 Å². The van der Waals surface area contributed by atoms with Crippen molar-refractivity contribution in [3.63, 3.8) is 0 Å². The van der Waals surface area contributed by atoms with Gasteiger partial charge in [0.2, 0.25) is 0 Å². The molecule has 4 nitrogen and oxygen atoms in total. The Kier molecular flexibility index (Phi) is 6.13. The number of hydrogen-bond acceptors (Lipinski definition) is 3. The third kappa shape index (κ3) is 4.71. The second-order valence-electron chi connectivity index (χ2n) is 7.48. The van der Waals surface area contributed by atoms with Gasteiger partial charge in [-0.3, -0.25) is 9.59 Å². The minimum Gasteiger partial charge on any atom is -0.351 e. The molecule has 3 aromatic rings. The number of amides is 2. The molecule has 1 aromatic heterocycles. The minimum absolute atomic E-state index is 0.0686. The molecule has 0 radical (unpaired) electrons. The lowest BCUT2D eigenvalue weighted by atomic mass is 9.91. The normalized spacial score (nSPS) is 11.2. The molecule has 0 aliphatic rings. The number of rotatable bonds is 6. The maximum Gasteiger partial charge on any atom is 0.258 e. The van der Waals surface area contributed by atoms with Crippen LogP contribution in [0.4, 0.5) is 10.1 Å². The van der Waals surface area contributed by atoms with E-state index >= 15 is 0 Å². The Hall–Kier alpha value is -2.99. The average Bonchev–Trinajstić information content (AvgIpc) is 3.24. The van der Waals surface area contributed by atoms with Gasteiger partial charge in [0.05, 0.1) is 16.8 Å². The molecule has 0 saturated heterocycles. The standard InChI is InChI=1S/C23H23FN2O2S/c1-15-8-6-10-17(20(15)26-22(28)16-9-4-5-11-18(16)24)21(27)25-14-23(2,3)19-12-7-13-29-19/h4-13H,14H2,1-3H3,(H,25,27)(H,26,28). The lowest BCUT2D eigenvalue weighted by Gasteiger charge is -2.24. The summed E-state index contributed by atoms with van der Waals surface area (Å²) in [4.78, 5) is 26.6. The molecule has 0 aliphatic carbocycles. The van der Waals surface area contributed by atoms with Crippen molar-refractivity contribution in [3.8, 4) is 0 Å². The van der Waals surface area contributed by atoms with E-state index in [1.807, 2.05) is 17.5 Å². The Balaban J connectivity index is 1.80. The zero-order valence-corrected chi connectivity index (χ0v) is 17.4. The first-order chi connectivity index (χ1) is 13.8. The number of carbonyl (C=O) groups excluding carboxylic acids is 2. The first kappa shape index (κ1) is 20.7. The van der Waals surface area contributed by atoms with Crippen molar-refractivity contribution in [1.82, 2.24) is 5.32 Å². The van der Waals surface area contributed by atoms with Crippen LogP contribution in [0.5, 0.6) is 0 Å². The monoisotopic (exact) mass is 410 g/mol. The summed E-state index contributed by atoms with van der Waals surface area (Å²) in [5.74, 6) is -1.49. The highest BCUT2D eigenvalue weighted by Gasteiger charge is 2.24. The summed E-state index contributed by atoms with van der Waals surface area (Å²) in [6, 6.07) is 15.0. The molecule has 6 heteroatoms. The molecule has 29 heavy (non-hydrogen) atoms. The summed E-state index contributed by atoms with van der Waals surface area (Å²) in [5.41, 5.74) is 1.16. The molecule has 0 fully saturated rings. The van der Waals surface area contributed by atoms with Gasteiger partial charge in [0, 0.05) is 16.8 Å². The average molecular weight is 411 g/mol. The van der Waals surface area contributed by atoms with Crippen LogP contribution in [0.2, 0.25) is 0 Å². The van der Waals surface area contributed by atoms with Crippen molar-refractivity contribution in [2.45, 2.75) is 26.2 Å². The number of halogens is 1. The van der Waals surface area contributed by atoms with E-state index in [1.54, 1.807) is 42.5 Å². The number of hydrogen-bond donors (Lipinski definition) is 2. The van der Waals surface area contributed by atoms with E-state index in [0.717, 1.165) is 5.56 Å². The zero-order valence-electron chi connectivity index (χ0n) is 16.6. The van der Waals surface area contributed by atoms with Gasteiger partial charge < -0.3 is 10.6 Å². The third-order valence-corrected chi connectivity index (χ3v) is 5.99. The fourth-order valence-electron chi connectivity index (χ4n) is 3.00. The number of para-hydroxylation sites is 1. The van der Waals surface area contributed by atoms with Crippen molar-refractivity contribution in [2.75, 3.05) is 11.9 Å². The van der Waals surface area contributed by atoms with Gasteiger partial charge >= 0.3 is 0 Å². The van der Waals surface area contributed by atoms with Crippen LogP contribution in [0, 0.1) is 12.7 Å². The Morgan fingerprint density at radius 1 is 0.966 bits per heavy atom. The summed E-state index contributed by atoms with van der Waals surface area (Å²) in [7, 11) is 0. The van der Waals surface area contributed by atoms with Gasteiger partial charge in [-0.2, -0.15) is 0 Å². The Bertz CT molecular complexity index is 1030. The number of anilines is 1. The molecule has 1 heterocycles. The number of thiophene rings is 1. The van der Waals surface area contributed by atoms with Crippen LogP contribution >= 0.6 is 11.3 Å². The van der Waals surface area contributed by atoms with E-state index in [-0.39, 0.29) is 16.9 Å². The molecule has 2 N–H and O–H groups in total. The highest BCUT2D eigenvalue weighted by molar-refractivity contribution is 7.10. The van der Waals surface area contributed by atoms with Gasteiger partial charge in [-0.25, -0.2) is 4.39 Å². The first-order valence-electron chi connectivity index (χ1n) is 9.27. The number of benzene rings is 2. The van der Waals surface area contributed by atoms with E-state index in [1.165, 1.54) is 23.1 Å². The molecule has 150 valence electrons. The van der Waals surface area contributed by atoms with E-state index in [2.05, 4.69) is 24.5 Å². The van der Waals surface area contributed by atoms with Gasteiger partial charge in [0.15, 0.2) is 0 Å². The molecule has 3 rings (SSSR count). The quantitative estimate of drug-likeness (QED) is 0.590. The minimum atomic E-state index is -0.609. The lowest BCUT2D eigenvalue weighted by molar-refractivity contribution is 0.0946. The molecular formula is C23H23FN2O2S. The fraction of sp³-hybridized carbons (Fsp3) is 0.217. The van der Waals surface area contributed by atoms with Crippen molar-refractivity contribution in [3.05, 3.63) is 87.4 Å². The maximum atomic E-state index is 13.9. The SMILES string of the molecule is Cc1cccc(C(=O)NCC(C)(C)c2cccs2)c1NC(=O)c1ccccc1F. The highest BCUT2D eigenvalue weighted by Crippen LogP contribution is 2.27. The zero-order chi connectivity index (χ0) is 21.0.